The van der Waals surface area contributed by atoms with Crippen molar-refractivity contribution in [1.82, 2.24) is 4.72 Å². The van der Waals surface area contributed by atoms with Crippen molar-refractivity contribution >= 4 is 16.0 Å². The number of halogens is 3. The number of carbonyl (C=O) groups excluding carboxylic acids is 1. The van der Waals surface area contributed by atoms with Crippen molar-refractivity contribution in [1.29, 1.82) is 0 Å². The summed E-state index contributed by atoms with van der Waals surface area (Å²) in [6.07, 6.45) is -4.09. The minimum atomic E-state index is -4.81. The van der Waals surface area contributed by atoms with E-state index in [9.17, 15) is 26.4 Å². The van der Waals surface area contributed by atoms with E-state index in [1.807, 2.05) is 0 Å². The molecule has 1 atom stereocenters. The number of rotatable bonds is 7. The van der Waals surface area contributed by atoms with Gasteiger partial charge in [0.2, 0.25) is 10.0 Å². The summed E-state index contributed by atoms with van der Waals surface area (Å²) >= 11 is 0. The minimum absolute atomic E-state index is 0.146. The van der Waals surface area contributed by atoms with E-state index in [0.29, 0.717) is 12.0 Å². The van der Waals surface area contributed by atoms with E-state index in [4.69, 9.17) is 4.89 Å². The zero-order valence-electron chi connectivity index (χ0n) is 17.8. The molecule has 32 heavy (non-hydrogen) atoms. The lowest BCUT2D eigenvalue weighted by Crippen LogP contribution is -2.36. The van der Waals surface area contributed by atoms with Gasteiger partial charge in [0.05, 0.1) is 10.5 Å². The van der Waals surface area contributed by atoms with Crippen LogP contribution in [0.4, 0.5) is 13.2 Å². The zero-order chi connectivity index (χ0) is 23.7. The fourth-order valence-electron chi connectivity index (χ4n) is 3.53. The molecule has 0 bridgehead atoms. The van der Waals surface area contributed by atoms with Crippen LogP contribution in [0.1, 0.15) is 55.4 Å². The van der Waals surface area contributed by atoms with Crippen molar-refractivity contribution in [3.8, 4) is 5.75 Å². The SMILES string of the molecule is CCC(=O)OOc1ccc2c(c1)CC(NS(=O)(=O)c1ccc(C(C)C)cc1C(F)(F)F)C2. The first-order valence-electron chi connectivity index (χ1n) is 10.1. The summed E-state index contributed by atoms with van der Waals surface area (Å²) in [4.78, 5) is 20.0. The van der Waals surface area contributed by atoms with E-state index in [1.54, 1.807) is 39.0 Å². The van der Waals surface area contributed by atoms with Gasteiger partial charge in [0.25, 0.3) is 0 Å². The van der Waals surface area contributed by atoms with Gasteiger partial charge in [0, 0.05) is 12.5 Å². The van der Waals surface area contributed by atoms with Crippen LogP contribution >= 0.6 is 0 Å². The second-order valence-electron chi connectivity index (χ2n) is 7.96. The Balaban J connectivity index is 1.79. The van der Waals surface area contributed by atoms with Gasteiger partial charge in [-0.15, -0.1) is 0 Å². The number of alkyl halides is 3. The van der Waals surface area contributed by atoms with Crippen molar-refractivity contribution in [2.45, 2.75) is 63.1 Å². The molecule has 2 aromatic rings. The predicted molar refractivity (Wildman–Crippen MR) is 111 cm³/mol. The van der Waals surface area contributed by atoms with Crippen molar-refractivity contribution < 1.29 is 36.2 Å². The summed E-state index contributed by atoms with van der Waals surface area (Å²) in [5.74, 6) is -0.448. The fraction of sp³-hybridized carbons (Fsp3) is 0.409. The molecule has 10 heteroatoms. The van der Waals surface area contributed by atoms with Crippen LogP contribution in [-0.4, -0.2) is 20.4 Å². The van der Waals surface area contributed by atoms with Crippen LogP contribution in [0.15, 0.2) is 41.3 Å². The van der Waals surface area contributed by atoms with Crippen LogP contribution < -0.4 is 9.61 Å². The average Bonchev–Trinajstić information content (AvgIpc) is 3.11. The van der Waals surface area contributed by atoms with Gasteiger partial charge in [-0.1, -0.05) is 32.9 Å². The van der Waals surface area contributed by atoms with Gasteiger partial charge in [0.1, 0.15) is 0 Å². The number of hydrogen-bond donors (Lipinski definition) is 1. The van der Waals surface area contributed by atoms with E-state index in [0.717, 1.165) is 23.3 Å². The third kappa shape index (κ3) is 5.42. The minimum Gasteiger partial charge on any atom is -0.287 e. The Morgan fingerprint density at radius 1 is 1.12 bits per heavy atom. The molecule has 0 radical (unpaired) electrons. The van der Waals surface area contributed by atoms with Crippen LogP contribution in [0.5, 0.6) is 5.75 Å². The highest BCUT2D eigenvalue weighted by Gasteiger charge is 2.38. The second kappa shape index (κ2) is 9.11. The average molecular weight is 471 g/mol. The smallest absolute Gasteiger partial charge is 0.287 e. The first kappa shape index (κ1) is 24.1. The third-order valence-corrected chi connectivity index (χ3v) is 6.80. The Hall–Kier alpha value is -2.59. The van der Waals surface area contributed by atoms with Crippen molar-refractivity contribution in [3.63, 3.8) is 0 Å². The molecule has 0 fully saturated rings. The Morgan fingerprint density at radius 3 is 2.44 bits per heavy atom. The molecule has 6 nitrogen and oxygen atoms in total. The first-order chi connectivity index (χ1) is 14.9. The van der Waals surface area contributed by atoms with E-state index in [-0.39, 0.29) is 24.5 Å². The third-order valence-electron chi connectivity index (χ3n) is 5.22. The first-order valence-corrected chi connectivity index (χ1v) is 11.6. The molecule has 174 valence electrons. The lowest BCUT2D eigenvalue weighted by Gasteiger charge is -2.18. The molecule has 1 unspecified atom stereocenters. The Bertz CT molecular complexity index is 1110. The maximum absolute atomic E-state index is 13.6. The molecule has 0 spiro atoms. The van der Waals surface area contributed by atoms with Crippen molar-refractivity contribution in [3.05, 3.63) is 58.7 Å². The van der Waals surface area contributed by atoms with Crippen molar-refractivity contribution in [2.75, 3.05) is 0 Å². The predicted octanol–water partition coefficient (Wildman–Crippen LogP) is 4.52. The van der Waals surface area contributed by atoms with Gasteiger partial charge in [-0.3, -0.25) is 9.78 Å². The van der Waals surface area contributed by atoms with Crippen LogP contribution in [0, 0.1) is 0 Å². The topological polar surface area (TPSA) is 81.7 Å². The molecule has 0 amide bonds. The summed E-state index contributed by atoms with van der Waals surface area (Å²) in [5, 5.41) is 0. The van der Waals surface area contributed by atoms with E-state index in [2.05, 4.69) is 9.61 Å². The molecule has 3 rings (SSSR count). The van der Waals surface area contributed by atoms with Gasteiger partial charge < -0.3 is 0 Å². The molecule has 0 saturated carbocycles. The number of benzene rings is 2. The molecular weight excluding hydrogens is 447 g/mol. The number of sulfonamides is 1. The standard InChI is InChI=1S/C22H24F3NO5S/c1-4-21(27)31-30-18-7-5-15-9-17(10-16(15)11-18)26-32(28,29)20-8-6-14(13(2)3)12-19(20)22(23,24)25/h5-8,11-13,17,26H,4,9-10H2,1-3H3. The summed E-state index contributed by atoms with van der Waals surface area (Å²) in [6, 6.07) is 7.59. The Kier molecular flexibility index (Phi) is 6.85. The number of carbonyl (C=O) groups is 1. The summed E-state index contributed by atoms with van der Waals surface area (Å²) < 4.78 is 69.0. The van der Waals surface area contributed by atoms with Gasteiger partial charge in [-0.25, -0.2) is 17.9 Å². The summed E-state index contributed by atoms with van der Waals surface area (Å²) in [7, 11) is -4.42. The van der Waals surface area contributed by atoms with Crippen LogP contribution in [0.2, 0.25) is 0 Å². The van der Waals surface area contributed by atoms with Gasteiger partial charge in [-0.05, 0) is 59.7 Å². The molecule has 0 aliphatic heterocycles. The molecule has 1 N–H and O–H groups in total. The lowest BCUT2D eigenvalue weighted by molar-refractivity contribution is -0.213. The number of hydrogen-bond acceptors (Lipinski definition) is 5. The quantitative estimate of drug-likeness (QED) is 0.474. The van der Waals surface area contributed by atoms with E-state index >= 15 is 0 Å². The van der Waals surface area contributed by atoms with Gasteiger partial charge in [0.15, 0.2) is 5.75 Å². The Morgan fingerprint density at radius 2 is 1.81 bits per heavy atom. The highest BCUT2D eigenvalue weighted by molar-refractivity contribution is 7.89. The maximum Gasteiger partial charge on any atom is 0.417 e. The molecule has 0 aromatic heterocycles. The normalized spacial score (nSPS) is 16.2. The van der Waals surface area contributed by atoms with Gasteiger partial charge in [-0.2, -0.15) is 13.2 Å². The van der Waals surface area contributed by atoms with Crippen LogP contribution in [0.3, 0.4) is 0 Å². The number of nitrogens with one attached hydrogen (secondary N) is 1. The molecular formula is C22H24F3NO5S. The van der Waals surface area contributed by atoms with E-state index in [1.165, 1.54) is 6.07 Å². The Labute approximate surface area is 184 Å². The molecule has 1 aliphatic carbocycles. The van der Waals surface area contributed by atoms with E-state index < -0.39 is 38.7 Å². The van der Waals surface area contributed by atoms with Gasteiger partial charge >= 0.3 is 12.1 Å². The molecule has 0 heterocycles. The highest BCUT2D eigenvalue weighted by atomic mass is 32.2. The molecule has 0 saturated heterocycles. The van der Waals surface area contributed by atoms with Crippen LogP contribution in [0.25, 0.3) is 0 Å². The number of fused-ring (bicyclic) bond motifs is 1. The zero-order valence-corrected chi connectivity index (χ0v) is 18.6. The summed E-state index contributed by atoms with van der Waals surface area (Å²) in [6.45, 7) is 5.09. The monoisotopic (exact) mass is 471 g/mol. The molecule has 1 aliphatic rings. The lowest BCUT2D eigenvalue weighted by atomic mass is 10.0. The maximum atomic E-state index is 13.6. The largest absolute Gasteiger partial charge is 0.417 e. The van der Waals surface area contributed by atoms with Crippen molar-refractivity contribution in [2.24, 2.45) is 0 Å². The molecule has 2 aromatic carbocycles. The fourth-order valence-corrected chi connectivity index (χ4v) is 4.97. The summed E-state index contributed by atoms with van der Waals surface area (Å²) in [5.41, 5.74) is 0.813. The highest BCUT2D eigenvalue weighted by Crippen LogP contribution is 2.36. The second-order valence-corrected chi connectivity index (χ2v) is 9.64. The van der Waals surface area contributed by atoms with Crippen LogP contribution in [-0.2, 0) is 38.7 Å².